The van der Waals surface area contributed by atoms with Crippen molar-refractivity contribution in [1.82, 2.24) is 0 Å². The molecule has 0 heterocycles. The average Bonchev–Trinajstić information content (AvgIpc) is 2.66. The number of carbonyl (C=O) groups is 2. The first kappa shape index (κ1) is 19.2. The number of hydrogen-bond acceptors (Lipinski definition) is 4. The highest BCUT2D eigenvalue weighted by Gasteiger charge is 2.62. The Labute approximate surface area is 145 Å². The number of rotatable bonds is 4. The third-order valence-corrected chi connectivity index (χ3v) is 5.96. The van der Waals surface area contributed by atoms with Crippen LogP contribution in [0, 0.1) is 23.2 Å². The van der Waals surface area contributed by atoms with Crippen molar-refractivity contribution in [1.29, 1.82) is 0 Å². The van der Waals surface area contributed by atoms with E-state index in [-0.39, 0.29) is 29.5 Å². The summed E-state index contributed by atoms with van der Waals surface area (Å²) >= 11 is 0. The number of carbonyl (C=O) groups excluding carboxylic acids is 2. The first-order valence-corrected chi connectivity index (χ1v) is 9.14. The van der Waals surface area contributed by atoms with Crippen molar-refractivity contribution in [2.24, 2.45) is 23.2 Å². The Morgan fingerprint density at radius 3 is 2.50 bits per heavy atom. The van der Waals surface area contributed by atoms with E-state index < -0.39 is 17.1 Å². The Morgan fingerprint density at radius 2 is 1.96 bits per heavy atom. The van der Waals surface area contributed by atoms with Crippen LogP contribution in [0.15, 0.2) is 11.6 Å². The van der Waals surface area contributed by atoms with Crippen molar-refractivity contribution < 1.29 is 19.4 Å². The molecule has 1 fully saturated rings. The summed E-state index contributed by atoms with van der Waals surface area (Å²) in [4.78, 5) is 25.1. The predicted molar refractivity (Wildman–Crippen MR) is 93.3 cm³/mol. The fourth-order valence-corrected chi connectivity index (χ4v) is 4.52. The van der Waals surface area contributed by atoms with Gasteiger partial charge >= 0.3 is 5.97 Å². The average molecular weight is 336 g/mol. The second-order valence-corrected chi connectivity index (χ2v) is 8.73. The van der Waals surface area contributed by atoms with E-state index in [1.807, 2.05) is 41.5 Å². The van der Waals surface area contributed by atoms with Gasteiger partial charge in [0.15, 0.2) is 5.78 Å². The second kappa shape index (κ2) is 6.62. The van der Waals surface area contributed by atoms with Crippen molar-refractivity contribution in [3.05, 3.63) is 11.6 Å². The number of allylic oxidation sites excluding steroid dienone is 1. The van der Waals surface area contributed by atoms with Crippen molar-refractivity contribution in [3.63, 3.8) is 0 Å². The maximum Gasteiger partial charge on any atom is 0.306 e. The summed E-state index contributed by atoms with van der Waals surface area (Å²) in [5.74, 6) is -0.314. The van der Waals surface area contributed by atoms with E-state index in [9.17, 15) is 14.7 Å². The topological polar surface area (TPSA) is 63.6 Å². The molecule has 1 N–H and O–H groups in total. The molecule has 0 saturated heterocycles. The number of ketones is 1. The van der Waals surface area contributed by atoms with Gasteiger partial charge < -0.3 is 9.84 Å². The van der Waals surface area contributed by atoms with Crippen molar-refractivity contribution in [3.8, 4) is 0 Å². The van der Waals surface area contributed by atoms with Gasteiger partial charge in [-0.1, -0.05) is 40.2 Å². The molecule has 0 spiro atoms. The number of fused-ring (bicyclic) bond motifs is 1. The van der Waals surface area contributed by atoms with Gasteiger partial charge in [0.25, 0.3) is 0 Å². The zero-order valence-corrected chi connectivity index (χ0v) is 15.9. The SMILES string of the molecule is CC1=CC(=O)[C@@]2(C)CC[C@@](O)(C(C)C)[C@H]2[C@@H](OC(=O)CC(C)C)C1. The molecule has 0 amide bonds. The van der Waals surface area contributed by atoms with Gasteiger partial charge in [0.05, 0.1) is 5.60 Å². The minimum atomic E-state index is -0.981. The zero-order chi connectivity index (χ0) is 18.3. The lowest BCUT2D eigenvalue weighted by Gasteiger charge is -2.42. The number of aliphatic hydroxyl groups is 1. The highest BCUT2D eigenvalue weighted by Crippen LogP contribution is 2.56. The Hall–Kier alpha value is -1.16. The van der Waals surface area contributed by atoms with Crippen LogP contribution in [-0.2, 0) is 14.3 Å². The first-order valence-electron chi connectivity index (χ1n) is 9.14. The quantitative estimate of drug-likeness (QED) is 0.796. The Bertz CT molecular complexity index is 548. The molecule has 4 heteroatoms. The van der Waals surface area contributed by atoms with E-state index in [2.05, 4.69) is 0 Å². The molecule has 4 nitrogen and oxygen atoms in total. The van der Waals surface area contributed by atoms with Crippen LogP contribution in [0.1, 0.15) is 67.2 Å². The minimum absolute atomic E-state index is 0.00170. The third kappa shape index (κ3) is 3.30. The molecule has 0 aromatic carbocycles. The fraction of sp³-hybridized carbons (Fsp3) is 0.800. The van der Waals surface area contributed by atoms with Crippen LogP contribution < -0.4 is 0 Å². The number of ether oxygens (including phenoxy) is 1. The third-order valence-electron chi connectivity index (χ3n) is 5.96. The van der Waals surface area contributed by atoms with E-state index >= 15 is 0 Å². The molecule has 2 aliphatic rings. The van der Waals surface area contributed by atoms with E-state index in [4.69, 9.17) is 4.74 Å². The molecular weight excluding hydrogens is 304 g/mol. The van der Waals surface area contributed by atoms with Crippen LogP contribution in [-0.4, -0.2) is 28.6 Å². The molecule has 0 bridgehead atoms. The van der Waals surface area contributed by atoms with E-state index in [0.717, 1.165) is 5.57 Å². The summed E-state index contributed by atoms with van der Waals surface area (Å²) in [6.07, 6.45) is 3.33. The zero-order valence-electron chi connectivity index (χ0n) is 15.9. The molecule has 0 radical (unpaired) electrons. The molecule has 0 unspecified atom stereocenters. The van der Waals surface area contributed by atoms with Gasteiger partial charge in [-0.25, -0.2) is 0 Å². The second-order valence-electron chi connectivity index (χ2n) is 8.73. The molecule has 136 valence electrons. The molecule has 0 aliphatic heterocycles. The summed E-state index contributed by atoms with van der Waals surface area (Å²) < 4.78 is 5.83. The fourth-order valence-electron chi connectivity index (χ4n) is 4.52. The number of hydrogen-bond donors (Lipinski definition) is 1. The minimum Gasteiger partial charge on any atom is -0.462 e. The van der Waals surface area contributed by atoms with E-state index in [0.29, 0.717) is 25.7 Å². The monoisotopic (exact) mass is 336 g/mol. The van der Waals surface area contributed by atoms with Gasteiger partial charge in [0.1, 0.15) is 6.10 Å². The Kier molecular flexibility index (Phi) is 5.29. The van der Waals surface area contributed by atoms with Crippen LogP contribution in [0.25, 0.3) is 0 Å². The molecule has 0 aromatic rings. The van der Waals surface area contributed by atoms with Crippen LogP contribution in [0.3, 0.4) is 0 Å². The molecule has 1 saturated carbocycles. The van der Waals surface area contributed by atoms with Gasteiger partial charge in [-0.05, 0) is 37.7 Å². The molecular formula is C20H32O4. The summed E-state index contributed by atoms with van der Waals surface area (Å²) in [5.41, 5.74) is -0.727. The summed E-state index contributed by atoms with van der Waals surface area (Å²) in [6, 6.07) is 0. The summed E-state index contributed by atoms with van der Waals surface area (Å²) in [6.45, 7) is 11.8. The molecule has 2 aliphatic carbocycles. The van der Waals surface area contributed by atoms with Crippen LogP contribution in [0.4, 0.5) is 0 Å². The van der Waals surface area contributed by atoms with Gasteiger partial charge in [-0.15, -0.1) is 0 Å². The van der Waals surface area contributed by atoms with Crippen LogP contribution >= 0.6 is 0 Å². The van der Waals surface area contributed by atoms with Crippen molar-refractivity contribution >= 4 is 11.8 Å². The molecule has 0 aromatic heterocycles. The predicted octanol–water partition coefficient (Wildman–Crippen LogP) is 3.67. The van der Waals surface area contributed by atoms with Crippen molar-refractivity contribution in [2.45, 2.75) is 78.9 Å². The van der Waals surface area contributed by atoms with Gasteiger partial charge in [0, 0.05) is 24.2 Å². The van der Waals surface area contributed by atoms with E-state index in [1.54, 1.807) is 6.08 Å². The molecule has 24 heavy (non-hydrogen) atoms. The van der Waals surface area contributed by atoms with Gasteiger partial charge in [0.2, 0.25) is 0 Å². The highest BCUT2D eigenvalue weighted by molar-refractivity contribution is 5.96. The lowest BCUT2D eigenvalue weighted by atomic mass is 9.67. The van der Waals surface area contributed by atoms with Gasteiger partial charge in [-0.3, -0.25) is 9.59 Å². The lowest BCUT2D eigenvalue weighted by molar-refractivity contribution is -0.168. The Balaban J connectivity index is 2.41. The van der Waals surface area contributed by atoms with Crippen LogP contribution in [0.5, 0.6) is 0 Å². The molecule has 2 rings (SSSR count). The summed E-state index contributed by atoms with van der Waals surface area (Å²) in [5, 5.41) is 11.4. The normalized spacial score (nSPS) is 36.5. The standard InChI is InChI=1S/C20H32O4/c1-12(2)9-17(22)24-15-10-14(5)11-16(21)19(6)7-8-20(23,13(3)4)18(15)19/h11-13,15,18,23H,7-10H2,1-6H3/t15-,18-,19+,20+/m0/s1. The largest absolute Gasteiger partial charge is 0.462 e. The maximum atomic E-state index is 12.8. The summed E-state index contributed by atoms with van der Waals surface area (Å²) in [7, 11) is 0. The van der Waals surface area contributed by atoms with Crippen LogP contribution in [0.2, 0.25) is 0 Å². The first-order chi connectivity index (χ1) is 11.0. The van der Waals surface area contributed by atoms with Crippen molar-refractivity contribution in [2.75, 3.05) is 0 Å². The number of esters is 1. The Morgan fingerprint density at radius 1 is 1.33 bits per heavy atom. The van der Waals surface area contributed by atoms with Gasteiger partial charge in [-0.2, -0.15) is 0 Å². The maximum absolute atomic E-state index is 12.8. The van der Waals surface area contributed by atoms with E-state index in [1.165, 1.54) is 0 Å². The molecule has 4 atom stereocenters. The lowest BCUT2D eigenvalue weighted by Crippen LogP contribution is -2.52. The highest BCUT2D eigenvalue weighted by atomic mass is 16.5. The smallest absolute Gasteiger partial charge is 0.306 e.